The van der Waals surface area contributed by atoms with E-state index in [1.165, 1.54) is 12.8 Å². The summed E-state index contributed by atoms with van der Waals surface area (Å²) in [6.45, 7) is 3.27. The number of carbonyl (C=O) groups excluding carboxylic acids is 1. The van der Waals surface area contributed by atoms with E-state index in [2.05, 4.69) is 16.7 Å². The summed E-state index contributed by atoms with van der Waals surface area (Å²) < 4.78 is 17.5. The summed E-state index contributed by atoms with van der Waals surface area (Å²) in [6.07, 6.45) is 2.71. The number of nitriles is 1. The summed E-state index contributed by atoms with van der Waals surface area (Å²) in [5.74, 6) is 2.16. The van der Waals surface area contributed by atoms with E-state index < -0.39 is 0 Å². The van der Waals surface area contributed by atoms with E-state index >= 15 is 0 Å². The van der Waals surface area contributed by atoms with Crippen LogP contribution in [0.5, 0.6) is 17.2 Å². The molecule has 182 valence electrons. The van der Waals surface area contributed by atoms with Gasteiger partial charge in [0.15, 0.2) is 0 Å². The highest BCUT2D eigenvalue weighted by atomic mass is 16.5. The number of amides is 1. The van der Waals surface area contributed by atoms with E-state index in [1.807, 2.05) is 60.7 Å². The number of likely N-dealkylation sites (tertiary alicyclic amines) is 1. The minimum atomic E-state index is 0.250. The van der Waals surface area contributed by atoms with E-state index in [-0.39, 0.29) is 13.0 Å². The summed E-state index contributed by atoms with van der Waals surface area (Å²) in [5, 5.41) is 9.84. The second kappa shape index (κ2) is 13.0. The molecule has 0 radical (unpaired) electrons. The Balaban J connectivity index is 0.00000108. The lowest BCUT2D eigenvalue weighted by molar-refractivity contribution is -0.106. The smallest absolute Gasteiger partial charge is 0.204 e. The topological polar surface area (TPSA) is 97.8 Å². The second-order valence-corrected chi connectivity index (χ2v) is 8.03. The summed E-state index contributed by atoms with van der Waals surface area (Å²) in [6, 6.07) is 22.0. The molecule has 3 aromatic rings. The molecule has 2 N–H and O–H groups in total. The van der Waals surface area contributed by atoms with E-state index in [0.717, 1.165) is 53.4 Å². The van der Waals surface area contributed by atoms with Crippen LogP contribution in [0.3, 0.4) is 0 Å². The molecule has 7 nitrogen and oxygen atoms in total. The molecular weight excluding hydrogens is 442 g/mol. The van der Waals surface area contributed by atoms with Crippen LogP contribution in [0.25, 0.3) is 11.1 Å². The Bertz CT molecular complexity index is 1130. The zero-order chi connectivity index (χ0) is 25.0. The van der Waals surface area contributed by atoms with Crippen LogP contribution in [-0.4, -0.2) is 38.6 Å². The van der Waals surface area contributed by atoms with Crippen LogP contribution in [0.15, 0.2) is 60.7 Å². The Labute approximate surface area is 206 Å². The van der Waals surface area contributed by atoms with Crippen molar-refractivity contribution in [1.82, 2.24) is 4.90 Å². The number of hydrogen-bond donors (Lipinski definition) is 1. The van der Waals surface area contributed by atoms with Gasteiger partial charge in [0.2, 0.25) is 6.41 Å². The second-order valence-electron chi connectivity index (χ2n) is 8.03. The minimum absolute atomic E-state index is 0.250. The Morgan fingerprint density at radius 2 is 1.63 bits per heavy atom. The van der Waals surface area contributed by atoms with E-state index in [4.69, 9.17) is 19.0 Å². The predicted molar refractivity (Wildman–Crippen MR) is 135 cm³/mol. The Hall–Kier alpha value is -4.02. The molecular formula is C28H31N3O4. The largest absolute Gasteiger partial charge is 0.496 e. The fourth-order valence-corrected chi connectivity index (χ4v) is 4.24. The predicted octanol–water partition coefficient (Wildman–Crippen LogP) is 4.52. The summed E-state index contributed by atoms with van der Waals surface area (Å²) in [5.41, 5.74) is 8.59. The van der Waals surface area contributed by atoms with Gasteiger partial charge in [-0.2, -0.15) is 5.26 Å². The van der Waals surface area contributed by atoms with Crippen molar-refractivity contribution < 1.29 is 19.0 Å². The average Bonchev–Trinajstić information content (AvgIpc) is 3.41. The number of methoxy groups -OCH3 is 2. The van der Waals surface area contributed by atoms with Crippen LogP contribution in [-0.2, 0) is 17.9 Å². The third kappa shape index (κ3) is 6.52. The third-order valence-corrected chi connectivity index (χ3v) is 5.90. The minimum Gasteiger partial charge on any atom is -0.496 e. The Kier molecular flexibility index (Phi) is 9.52. The van der Waals surface area contributed by atoms with E-state index in [0.29, 0.717) is 11.3 Å². The molecule has 1 fully saturated rings. The average molecular weight is 474 g/mol. The molecule has 1 amide bonds. The number of primary amides is 1. The van der Waals surface area contributed by atoms with Gasteiger partial charge >= 0.3 is 0 Å². The molecule has 4 rings (SSSR count). The number of nitrogens with two attached hydrogens (primary N) is 1. The van der Waals surface area contributed by atoms with Gasteiger partial charge in [-0.15, -0.1) is 0 Å². The van der Waals surface area contributed by atoms with Gasteiger partial charge in [0.1, 0.15) is 29.9 Å². The highest BCUT2D eigenvalue weighted by Gasteiger charge is 2.19. The SMILES string of the molecule is COc1cc(OCc2cccc(-c3ccccc3)c2C#N)cc(OC)c1CN1CCCC1.NC=O. The van der Waals surface area contributed by atoms with Gasteiger partial charge < -0.3 is 19.9 Å². The Morgan fingerprint density at radius 1 is 1.00 bits per heavy atom. The first kappa shape index (κ1) is 25.6. The molecule has 7 heteroatoms. The first-order chi connectivity index (χ1) is 17.1. The molecule has 1 aliphatic rings. The molecule has 0 unspecified atom stereocenters. The van der Waals surface area contributed by atoms with Crippen molar-refractivity contribution in [3.63, 3.8) is 0 Å². The van der Waals surface area contributed by atoms with Crippen molar-refractivity contribution >= 4 is 6.41 Å². The van der Waals surface area contributed by atoms with Gasteiger partial charge in [-0.05, 0) is 37.1 Å². The standard InChI is InChI=1S/C27H28N2O3.CH3NO/c1-30-26-15-22(16-27(31-2)25(26)18-29-13-6-7-14-29)32-19-21-11-8-12-23(24(21)17-28)20-9-4-3-5-10-20;2-1-3/h3-5,8-12,15-16H,6-7,13-14,18-19H2,1-2H3;1H,(H2,2,3). The van der Waals surface area contributed by atoms with Gasteiger partial charge in [0.25, 0.3) is 0 Å². The van der Waals surface area contributed by atoms with Gasteiger partial charge in [-0.25, -0.2) is 0 Å². The zero-order valence-electron chi connectivity index (χ0n) is 20.2. The molecule has 1 heterocycles. The van der Waals surface area contributed by atoms with Crippen LogP contribution in [0.4, 0.5) is 0 Å². The quantitative estimate of drug-likeness (QED) is 0.483. The summed E-state index contributed by atoms with van der Waals surface area (Å²) >= 11 is 0. The molecule has 0 bridgehead atoms. The van der Waals surface area contributed by atoms with Crippen LogP contribution >= 0.6 is 0 Å². The highest BCUT2D eigenvalue weighted by Crippen LogP contribution is 2.36. The van der Waals surface area contributed by atoms with Crippen LogP contribution in [0.2, 0.25) is 0 Å². The molecule has 35 heavy (non-hydrogen) atoms. The maximum Gasteiger partial charge on any atom is 0.204 e. The van der Waals surface area contributed by atoms with Crippen molar-refractivity contribution in [2.45, 2.75) is 26.0 Å². The number of ether oxygens (including phenoxy) is 3. The number of benzene rings is 3. The molecule has 3 aromatic carbocycles. The fraction of sp³-hybridized carbons (Fsp3) is 0.286. The molecule has 0 atom stereocenters. The molecule has 0 aliphatic carbocycles. The van der Waals surface area contributed by atoms with Crippen molar-refractivity contribution in [3.05, 3.63) is 77.4 Å². The summed E-state index contributed by atoms with van der Waals surface area (Å²) in [7, 11) is 3.34. The maximum absolute atomic E-state index is 9.84. The molecule has 0 saturated carbocycles. The van der Waals surface area contributed by atoms with Gasteiger partial charge in [-0.1, -0.05) is 48.5 Å². The highest BCUT2D eigenvalue weighted by molar-refractivity contribution is 5.72. The fourth-order valence-electron chi connectivity index (χ4n) is 4.24. The number of carbonyl (C=O) groups is 1. The molecule has 0 aromatic heterocycles. The van der Waals surface area contributed by atoms with E-state index in [1.54, 1.807) is 14.2 Å². The Morgan fingerprint density at radius 3 is 2.20 bits per heavy atom. The monoisotopic (exact) mass is 473 g/mol. The molecule has 1 aliphatic heterocycles. The van der Waals surface area contributed by atoms with Gasteiger partial charge in [0.05, 0.1) is 25.3 Å². The number of nitrogens with zero attached hydrogens (tertiary/aromatic N) is 2. The van der Waals surface area contributed by atoms with Gasteiger partial charge in [-0.3, -0.25) is 9.69 Å². The van der Waals surface area contributed by atoms with Crippen molar-refractivity contribution in [3.8, 4) is 34.4 Å². The molecule has 1 saturated heterocycles. The zero-order valence-corrected chi connectivity index (χ0v) is 20.2. The van der Waals surface area contributed by atoms with Crippen molar-refractivity contribution in [2.75, 3.05) is 27.3 Å². The first-order valence-electron chi connectivity index (χ1n) is 11.5. The van der Waals surface area contributed by atoms with E-state index in [9.17, 15) is 5.26 Å². The molecule has 0 spiro atoms. The van der Waals surface area contributed by atoms with Gasteiger partial charge in [0, 0.05) is 24.2 Å². The number of rotatable bonds is 8. The normalized spacial score (nSPS) is 12.7. The van der Waals surface area contributed by atoms with Crippen LogP contribution in [0, 0.1) is 11.3 Å². The maximum atomic E-state index is 9.84. The lowest BCUT2D eigenvalue weighted by Gasteiger charge is -2.20. The number of hydrogen-bond acceptors (Lipinski definition) is 6. The van der Waals surface area contributed by atoms with Crippen LogP contribution in [0.1, 0.15) is 29.5 Å². The lowest BCUT2D eigenvalue weighted by atomic mass is 9.96. The summed E-state index contributed by atoms with van der Waals surface area (Å²) in [4.78, 5) is 11.0. The van der Waals surface area contributed by atoms with Crippen molar-refractivity contribution in [1.29, 1.82) is 5.26 Å². The first-order valence-corrected chi connectivity index (χ1v) is 11.5. The van der Waals surface area contributed by atoms with Crippen molar-refractivity contribution in [2.24, 2.45) is 5.73 Å². The van der Waals surface area contributed by atoms with Crippen LogP contribution < -0.4 is 19.9 Å². The lowest BCUT2D eigenvalue weighted by Crippen LogP contribution is -2.19. The third-order valence-electron chi connectivity index (χ3n) is 5.90.